The lowest BCUT2D eigenvalue weighted by Crippen LogP contribution is -2.16. The molecule has 0 spiro atoms. The number of carbonyl (C=O) groups is 2. The van der Waals surface area contributed by atoms with E-state index in [1.807, 2.05) is 54.7 Å². The Balaban J connectivity index is 1.52. The van der Waals surface area contributed by atoms with Gasteiger partial charge in [-0.3, -0.25) is 4.79 Å². The van der Waals surface area contributed by atoms with Gasteiger partial charge in [0.15, 0.2) is 0 Å². The van der Waals surface area contributed by atoms with E-state index >= 15 is 0 Å². The average Bonchev–Trinajstić information content (AvgIpc) is 3.24. The predicted octanol–water partition coefficient (Wildman–Crippen LogP) is 6.09. The van der Waals surface area contributed by atoms with Crippen LogP contribution in [-0.4, -0.2) is 21.6 Å². The molecule has 1 amide bonds. The molecule has 0 radical (unpaired) electrons. The molecule has 0 bridgehead atoms. The maximum atomic E-state index is 12.9. The van der Waals surface area contributed by atoms with Crippen LogP contribution < -0.4 is 5.32 Å². The second-order valence-electron chi connectivity index (χ2n) is 8.34. The Hall–Kier alpha value is -5.15. The van der Waals surface area contributed by atoms with Crippen LogP contribution in [0.15, 0.2) is 103 Å². The average molecular weight is 472 g/mol. The fourth-order valence-corrected chi connectivity index (χ4v) is 4.41. The van der Waals surface area contributed by atoms with E-state index in [-0.39, 0.29) is 16.8 Å². The zero-order chi connectivity index (χ0) is 25.1. The van der Waals surface area contributed by atoms with Crippen molar-refractivity contribution in [3.05, 3.63) is 119 Å². The van der Waals surface area contributed by atoms with Crippen LogP contribution >= 0.6 is 0 Å². The van der Waals surface area contributed by atoms with Gasteiger partial charge in [0, 0.05) is 29.2 Å². The molecule has 2 N–H and O–H groups in total. The number of fused-ring (bicyclic) bond motifs is 2. The van der Waals surface area contributed by atoms with E-state index in [4.69, 9.17) is 0 Å². The van der Waals surface area contributed by atoms with Crippen LogP contribution in [0.1, 0.15) is 21.5 Å². The summed E-state index contributed by atoms with van der Waals surface area (Å²) in [5.41, 5.74) is 2.83. The molecular formula is C30H21N3O3. The van der Waals surface area contributed by atoms with E-state index in [2.05, 4.69) is 34.1 Å². The molecule has 5 rings (SSSR count). The van der Waals surface area contributed by atoms with Crippen LogP contribution in [0.3, 0.4) is 0 Å². The van der Waals surface area contributed by atoms with Crippen LogP contribution in [0.2, 0.25) is 0 Å². The smallest absolute Gasteiger partial charge is 0.337 e. The van der Waals surface area contributed by atoms with Gasteiger partial charge in [-0.05, 0) is 40.6 Å². The monoisotopic (exact) mass is 471 g/mol. The van der Waals surface area contributed by atoms with Gasteiger partial charge < -0.3 is 15.0 Å². The van der Waals surface area contributed by atoms with E-state index in [0.29, 0.717) is 6.54 Å². The summed E-state index contributed by atoms with van der Waals surface area (Å²) in [7, 11) is 0. The van der Waals surface area contributed by atoms with Gasteiger partial charge in [0.25, 0.3) is 5.91 Å². The Labute approximate surface area is 207 Å². The third-order valence-electron chi connectivity index (χ3n) is 6.11. The zero-order valence-electron chi connectivity index (χ0n) is 19.2. The van der Waals surface area contributed by atoms with Crippen molar-refractivity contribution < 1.29 is 14.7 Å². The Kier molecular flexibility index (Phi) is 6.04. The first-order valence-electron chi connectivity index (χ1n) is 11.3. The Bertz CT molecular complexity index is 1700. The van der Waals surface area contributed by atoms with E-state index in [1.165, 1.54) is 17.5 Å². The maximum absolute atomic E-state index is 12.9. The highest BCUT2D eigenvalue weighted by Gasteiger charge is 2.16. The summed E-state index contributed by atoms with van der Waals surface area (Å²) in [5.74, 6) is -1.83. The number of para-hydroxylation sites is 2. The minimum atomic E-state index is -1.16. The Morgan fingerprint density at radius 3 is 2.39 bits per heavy atom. The van der Waals surface area contributed by atoms with Crippen molar-refractivity contribution in [1.82, 2.24) is 4.57 Å². The van der Waals surface area contributed by atoms with Crippen LogP contribution in [0.25, 0.3) is 27.8 Å². The molecule has 4 aromatic carbocycles. The summed E-state index contributed by atoms with van der Waals surface area (Å²) in [6, 6.07) is 30.3. The van der Waals surface area contributed by atoms with E-state index in [1.54, 1.807) is 18.2 Å². The number of anilines is 1. The first-order valence-corrected chi connectivity index (χ1v) is 11.3. The van der Waals surface area contributed by atoms with Crippen LogP contribution in [0.4, 0.5) is 5.69 Å². The molecule has 0 aliphatic heterocycles. The molecule has 0 saturated carbocycles. The fourth-order valence-electron chi connectivity index (χ4n) is 4.41. The van der Waals surface area contributed by atoms with Gasteiger partial charge in [0.2, 0.25) is 0 Å². The molecule has 0 aliphatic carbocycles. The number of rotatable bonds is 6. The van der Waals surface area contributed by atoms with Crippen LogP contribution in [0.5, 0.6) is 0 Å². The molecule has 6 nitrogen and oxygen atoms in total. The SMILES string of the molecule is N#C/C(=C\c1cn(Cc2cccc3ccccc23)c2ccccc12)C(=O)Nc1ccccc1C(=O)O. The van der Waals surface area contributed by atoms with Crippen molar-refractivity contribution in [2.24, 2.45) is 0 Å². The number of nitriles is 1. The van der Waals surface area contributed by atoms with Gasteiger partial charge in [0.05, 0.1) is 11.3 Å². The molecule has 0 aliphatic rings. The molecule has 0 fully saturated rings. The summed E-state index contributed by atoms with van der Waals surface area (Å²) in [6.45, 7) is 0.621. The minimum Gasteiger partial charge on any atom is -0.478 e. The number of nitrogens with one attached hydrogen (secondary N) is 1. The number of hydrogen-bond acceptors (Lipinski definition) is 3. The summed E-state index contributed by atoms with van der Waals surface area (Å²) in [5, 5.41) is 24.9. The molecule has 1 aromatic heterocycles. The lowest BCUT2D eigenvalue weighted by atomic mass is 10.0. The van der Waals surface area contributed by atoms with Gasteiger partial charge in [-0.2, -0.15) is 5.26 Å². The number of carbonyl (C=O) groups excluding carboxylic acids is 1. The Morgan fingerprint density at radius 2 is 1.58 bits per heavy atom. The molecular weight excluding hydrogens is 450 g/mol. The van der Waals surface area contributed by atoms with E-state index < -0.39 is 11.9 Å². The highest BCUT2D eigenvalue weighted by atomic mass is 16.4. The highest BCUT2D eigenvalue weighted by Crippen LogP contribution is 2.27. The number of benzene rings is 4. The van der Waals surface area contributed by atoms with Crippen molar-refractivity contribution in [2.75, 3.05) is 5.32 Å². The molecule has 0 saturated heterocycles. The van der Waals surface area contributed by atoms with E-state index in [9.17, 15) is 20.0 Å². The third kappa shape index (κ3) is 4.33. The van der Waals surface area contributed by atoms with Crippen molar-refractivity contribution in [2.45, 2.75) is 6.54 Å². The van der Waals surface area contributed by atoms with Gasteiger partial charge in [0.1, 0.15) is 11.6 Å². The van der Waals surface area contributed by atoms with Gasteiger partial charge >= 0.3 is 5.97 Å². The van der Waals surface area contributed by atoms with Gasteiger partial charge in [-0.1, -0.05) is 72.8 Å². The van der Waals surface area contributed by atoms with Gasteiger partial charge in [-0.25, -0.2) is 4.79 Å². The van der Waals surface area contributed by atoms with E-state index in [0.717, 1.165) is 27.4 Å². The van der Waals surface area contributed by atoms with Crippen molar-refractivity contribution >= 4 is 45.3 Å². The fraction of sp³-hybridized carbons (Fsp3) is 0.0333. The number of aromatic carboxylic acids is 1. The summed E-state index contributed by atoms with van der Waals surface area (Å²) in [4.78, 5) is 24.4. The maximum Gasteiger partial charge on any atom is 0.337 e. The largest absolute Gasteiger partial charge is 0.478 e. The first-order chi connectivity index (χ1) is 17.5. The number of amides is 1. The Morgan fingerprint density at radius 1 is 0.889 bits per heavy atom. The normalized spacial score (nSPS) is 11.4. The molecule has 1 heterocycles. The van der Waals surface area contributed by atoms with Crippen molar-refractivity contribution in [1.29, 1.82) is 5.26 Å². The molecule has 5 aromatic rings. The lowest BCUT2D eigenvalue weighted by molar-refractivity contribution is -0.112. The number of hydrogen-bond donors (Lipinski definition) is 2. The second-order valence-corrected chi connectivity index (χ2v) is 8.34. The summed E-state index contributed by atoms with van der Waals surface area (Å²) in [6.07, 6.45) is 3.48. The highest BCUT2D eigenvalue weighted by molar-refractivity contribution is 6.12. The molecule has 36 heavy (non-hydrogen) atoms. The predicted molar refractivity (Wildman–Crippen MR) is 141 cm³/mol. The lowest BCUT2D eigenvalue weighted by Gasteiger charge is -2.09. The summed E-state index contributed by atoms with van der Waals surface area (Å²) >= 11 is 0. The standard InChI is InChI=1S/C30H21N3O3/c31-17-22(29(34)32-27-14-5-3-13-26(27)30(35)36)16-23-19-33(28-15-6-4-12-25(23)28)18-21-10-7-9-20-8-1-2-11-24(20)21/h1-16,19H,18H2,(H,32,34)(H,35,36)/b22-16+. The second kappa shape index (κ2) is 9.61. The number of carboxylic acid groups (broad SMARTS) is 1. The zero-order valence-corrected chi connectivity index (χ0v) is 19.2. The minimum absolute atomic E-state index is 0.0465. The number of nitrogens with zero attached hydrogens (tertiary/aromatic N) is 2. The molecule has 174 valence electrons. The number of carboxylic acids is 1. The van der Waals surface area contributed by atoms with Gasteiger partial charge in [-0.15, -0.1) is 0 Å². The van der Waals surface area contributed by atoms with Crippen molar-refractivity contribution in [3.8, 4) is 6.07 Å². The summed E-state index contributed by atoms with van der Waals surface area (Å²) < 4.78 is 2.11. The third-order valence-corrected chi connectivity index (χ3v) is 6.11. The molecule has 0 unspecified atom stereocenters. The topological polar surface area (TPSA) is 95.1 Å². The molecule has 6 heteroatoms. The number of aromatic nitrogens is 1. The van der Waals surface area contributed by atoms with Crippen LogP contribution in [-0.2, 0) is 11.3 Å². The quantitative estimate of drug-likeness (QED) is 0.232. The van der Waals surface area contributed by atoms with Crippen LogP contribution in [0, 0.1) is 11.3 Å². The first kappa shape index (κ1) is 22.6. The molecule has 0 atom stereocenters. The van der Waals surface area contributed by atoms with Crippen molar-refractivity contribution in [3.63, 3.8) is 0 Å².